The lowest BCUT2D eigenvalue weighted by Crippen LogP contribution is -2.34. The van der Waals surface area contributed by atoms with Gasteiger partial charge in [-0.3, -0.25) is 4.79 Å². The van der Waals surface area contributed by atoms with Crippen molar-refractivity contribution >= 4 is 12.0 Å². The number of para-hydroxylation sites is 2. The number of methoxy groups -OCH3 is 1. The van der Waals surface area contributed by atoms with E-state index in [1.165, 1.54) is 0 Å². The van der Waals surface area contributed by atoms with Crippen LogP contribution in [0.3, 0.4) is 0 Å². The zero-order valence-electron chi connectivity index (χ0n) is 14.2. The SMILES string of the molecule is COc1ccccc1N1CCC[C@H]1COc1cccc(C)c1C=O. The Labute approximate surface area is 143 Å². The number of benzene rings is 2. The fraction of sp³-hybridized carbons (Fsp3) is 0.350. The van der Waals surface area contributed by atoms with Crippen LogP contribution < -0.4 is 14.4 Å². The van der Waals surface area contributed by atoms with Gasteiger partial charge in [0.25, 0.3) is 0 Å². The molecule has 0 radical (unpaired) electrons. The number of nitrogens with zero attached hydrogens (tertiary/aromatic N) is 1. The molecule has 0 bridgehead atoms. The van der Waals surface area contributed by atoms with Gasteiger partial charge in [-0.05, 0) is 43.5 Å². The van der Waals surface area contributed by atoms with Crippen molar-refractivity contribution in [3.63, 3.8) is 0 Å². The summed E-state index contributed by atoms with van der Waals surface area (Å²) in [6.45, 7) is 3.47. The van der Waals surface area contributed by atoms with Gasteiger partial charge in [0.2, 0.25) is 0 Å². The van der Waals surface area contributed by atoms with Crippen molar-refractivity contribution in [2.45, 2.75) is 25.8 Å². The molecule has 0 saturated carbocycles. The first kappa shape index (κ1) is 16.4. The highest BCUT2D eigenvalue weighted by atomic mass is 16.5. The van der Waals surface area contributed by atoms with E-state index in [0.29, 0.717) is 17.9 Å². The number of rotatable bonds is 6. The first-order chi connectivity index (χ1) is 11.7. The number of carbonyl (C=O) groups excluding carboxylic acids is 1. The number of aldehydes is 1. The Bertz CT molecular complexity index is 714. The predicted octanol–water partition coefficient (Wildman–Crippen LogP) is 3.86. The summed E-state index contributed by atoms with van der Waals surface area (Å²) in [5.41, 5.74) is 2.68. The van der Waals surface area contributed by atoms with Crippen LogP contribution in [0.1, 0.15) is 28.8 Å². The summed E-state index contributed by atoms with van der Waals surface area (Å²) in [5.74, 6) is 1.55. The summed E-state index contributed by atoms with van der Waals surface area (Å²) < 4.78 is 11.5. The van der Waals surface area contributed by atoms with Crippen LogP contribution in [0.2, 0.25) is 0 Å². The third-order valence-electron chi connectivity index (χ3n) is 4.60. The van der Waals surface area contributed by atoms with Crippen molar-refractivity contribution in [2.24, 2.45) is 0 Å². The summed E-state index contributed by atoms with van der Waals surface area (Å²) in [4.78, 5) is 13.6. The molecule has 0 unspecified atom stereocenters. The second-order valence-corrected chi connectivity index (χ2v) is 6.08. The van der Waals surface area contributed by atoms with Crippen LogP contribution in [0.5, 0.6) is 11.5 Å². The number of carbonyl (C=O) groups is 1. The van der Waals surface area contributed by atoms with Crippen molar-refractivity contribution < 1.29 is 14.3 Å². The van der Waals surface area contributed by atoms with Gasteiger partial charge >= 0.3 is 0 Å². The van der Waals surface area contributed by atoms with Crippen molar-refractivity contribution in [3.8, 4) is 11.5 Å². The van der Waals surface area contributed by atoms with Crippen molar-refractivity contribution in [2.75, 3.05) is 25.2 Å². The highest BCUT2D eigenvalue weighted by molar-refractivity contribution is 5.81. The molecule has 0 aliphatic carbocycles. The predicted molar refractivity (Wildman–Crippen MR) is 95.4 cm³/mol. The van der Waals surface area contributed by atoms with Crippen LogP contribution in [0.4, 0.5) is 5.69 Å². The van der Waals surface area contributed by atoms with Gasteiger partial charge in [0.1, 0.15) is 18.1 Å². The highest BCUT2D eigenvalue weighted by Crippen LogP contribution is 2.33. The first-order valence-electron chi connectivity index (χ1n) is 8.32. The molecule has 0 spiro atoms. The number of hydrogen-bond acceptors (Lipinski definition) is 4. The zero-order valence-corrected chi connectivity index (χ0v) is 14.2. The average Bonchev–Trinajstić information content (AvgIpc) is 3.08. The zero-order chi connectivity index (χ0) is 16.9. The molecule has 4 nitrogen and oxygen atoms in total. The van der Waals surface area contributed by atoms with Crippen LogP contribution >= 0.6 is 0 Å². The maximum atomic E-state index is 11.3. The van der Waals surface area contributed by atoms with Crippen LogP contribution in [0.25, 0.3) is 0 Å². The lowest BCUT2D eigenvalue weighted by Gasteiger charge is -2.28. The molecule has 1 atom stereocenters. The molecule has 1 saturated heterocycles. The Hall–Kier alpha value is -2.49. The van der Waals surface area contributed by atoms with Gasteiger partial charge in [-0.2, -0.15) is 0 Å². The van der Waals surface area contributed by atoms with E-state index >= 15 is 0 Å². The van der Waals surface area contributed by atoms with E-state index in [9.17, 15) is 4.79 Å². The number of hydrogen-bond donors (Lipinski definition) is 0. The fourth-order valence-corrected chi connectivity index (χ4v) is 3.31. The fourth-order valence-electron chi connectivity index (χ4n) is 3.31. The minimum atomic E-state index is 0.279. The summed E-state index contributed by atoms with van der Waals surface area (Å²) in [5, 5.41) is 0. The molecule has 4 heteroatoms. The van der Waals surface area contributed by atoms with E-state index in [2.05, 4.69) is 11.0 Å². The molecular weight excluding hydrogens is 302 g/mol. The quantitative estimate of drug-likeness (QED) is 0.756. The minimum Gasteiger partial charge on any atom is -0.495 e. The molecule has 2 aromatic rings. The normalized spacial score (nSPS) is 16.9. The Kier molecular flexibility index (Phi) is 5.04. The molecular formula is C20H23NO3. The molecule has 24 heavy (non-hydrogen) atoms. The van der Waals surface area contributed by atoms with Crippen LogP contribution in [-0.4, -0.2) is 32.6 Å². The Morgan fingerprint density at radius 3 is 2.75 bits per heavy atom. The van der Waals surface area contributed by atoms with Crippen LogP contribution in [-0.2, 0) is 0 Å². The third-order valence-corrected chi connectivity index (χ3v) is 4.60. The van der Waals surface area contributed by atoms with Crippen LogP contribution in [0, 0.1) is 6.92 Å². The molecule has 1 aliphatic heterocycles. The Morgan fingerprint density at radius 1 is 1.17 bits per heavy atom. The van der Waals surface area contributed by atoms with Gasteiger partial charge in [-0.1, -0.05) is 24.3 Å². The lowest BCUT2D eigenvalue weighted by atomic mass is 10.1. The van der Waals surface area contributed by atoms with Gasteiger partial charge in [0.05, 0.1) is 24.4 Å². The molecule has 3 rings (SSSR count). The smallest absolute Gasteiger partial charge is 0.154 e. The van der Waals surface area contributed by atoms with E-state index in [1.807, 2.05) is 43.3 Å². The van der Waals surface area contributed by atoms with Crippen molar-refractivity contribution in [1.29, 1.82) is 0 Å². The largest absolute Gasteiger partial charge is 0.495 e. The van der Waals surface area contributed by atoms with Gasteiger partial charge in [-0.15, -0.1) is 0 Å². The molecule has 126 valence electrons. The van der Waals surface area contributed by atoms with E-state index in [4.69, 9.17) is 9.47 Å². The number of ether oxygens (including phenoxy) is 2. The summed E-state index contributed by atoms with van der Waals surface area (Å²) in [7, 11) is 1.70. The molecule has 1 aliphatic rings. The molecule has 1 fully saturated rings. The minimum absolute atomic E-state index is 0.279. The topological polar surface area (TPSA) is 38.8 Å². The molecule has 0 aromatic heterocycles. The van der Waals surface area contributed by atoms with Gasteiger partial charge in [-0.25, -0.2) is 0 Å². The van der Waals surface area contributed by atoms with Gasteiger partial charge in [0.15, 0.2) is 6.29 Å². The van der Waals surface area contributed by atoms with E-state index in [1.54, 1.807) is 7.11 Å². The Morgan fingerprint density at radius 2 is 1.96 bits per heavy atom. The molecule has 0 N–H and O–H groups in total. The van der Waals surface area contributed by atoms with E-state index < -0.39 is 0 Å². The third kappa shape index (κ3) is 3.23. The molecule has 0 amide bonds. The van der Waals surface area contributed by atoms with Crippen LogP contribution in [0.15, 0.2) is 42.5 Å². The summed E-state index contributed by atoms with van der Waals surface area (Å²) in [6, 6.07) is 14.1. The second-order valence-electron chi connectivity index (χ2n) is 6.08. The Balaban J connectivity index is 1.75. The lowest BCUT2D eigenvalue weighted by molar-refractivity contribution is 0.111. The number of anilines is 1. The molecule has 2 aromatic carbocycles. The van der Waals surface area contributed by atoms with Gasteiger partial charge < -0.3 is 14.4 Å². The van der Waals surface area contributed by atoms with E-state index in [0.717, 1.165) is 42.7 Å². The standard InChI is InChI=1S/C20H23NO3/c1-15-7-5-11-19(17(15)13-22)24-14-16-8-6-12-21(16)18-9-3-4-10-20(18)23-2/h3-5,7,9-11,13,16H,6,8,12,14H2,1-2H3/t16-/m0/s1. The van der Waals surface area contributed by atoms with Crippen molar-refractivity contribution in [3.05, 3.63) is 53.6 Å². The monoisotopic (exact) mass is 325 g/mol. The summed E-state index contributed by atoms with van der Waals surface area (Å²) in [6.07, 6.45) is 3.07. The first-order valence-corrected chi connectivity index (χ1v) is 8.32. The van der Waals surface area contributed by atoms with Gasteiger partial charge in [0, 0.05) is 6.54 Å². The average molecular weight is 325 g/mol. The maximum Gasteiger partial charge on any atom is 0.154 e. The molecule has 1 heterocycles. The van der Waals surface area contributed by atoms with Crippen molar-refractivity contribution in [1.82, 2.24) is 0 Å². The van der Waals surface area contributed by atoms with E-state index in [-0.39, 0.29) is 6.04 Å². The summed E-state index contributed by atoms with van der Waals surface area (Å²) >= 11 is 0. The highest BCUT2D eigenvalue weighted by Gasteiger charge is 2.27. The number of aryl methyl sites for hydroxylation is 1. The maximum absolute atomic E-state index is 11.3. The second kappa shape index (κ2) is 7.39.